The van der Waals surface area contributed by atoms with Crippen LogP contribution in [0.4, 0.5) is 18.9 Å². The summed E-state index contributed by atoms with van der Waals surface area (Å²) in [7, 11) is -3.56. The number of imidazole rings is 1. The summed E-state index contributed by atoms with van der Waals surface area (Å²) in [5, 5.41) is 13.2. The normalized spacial score (nSPS) is 15.6. The van der Waals surface area contributed by atoms with Gasteiger partial charge in [0.25, 0.3) is 9.84 Å². The highest BCUT2D eigenvalue weighted by atomic mass is 32.2. The number of aromatic hydroxyl groups is 1. The van der Waals surface area contributed by atoms with Crippen molar-refractivity contribution in [3.8, 4) is 11.6 Å². The smallest absolute Gasteiger partial charge is 0.493 e. The average Bonchev–Trinajstić information content (AvgIpc) is 3.12. The molecule has 198 valence electrons. The van der Waals surface area contributed by atoms with Gasteiger partial charge in [-0.2, -0.15) is 13.2 Å². The second-order valence-corrected chi connectivity index (χ2v) is 10.7. The monoisotopic (exact) mass is 539 g/mol. The van der Waals surface area contributed by atoms with Crippen molar-refractivity contribution in [2.24, 2.45) is 5.92 Å². The van der Waals surface area contributed by atoms with E-state index in [-0.39, 0.29) is 24.1 Å². The molecule has 3 aromatic rings. The summed E-state index contributed by atoms with van der Waals surface area (Å²) in [5.74, 6) is -0.812. The fourth-order valence-electron chi connectivity index (χ4n) is 4.11. The Bertz CT molecular complexity index is 1460. The van der Waals surface area contributed by atoms with E-state index < -0.39 is 31.8 Å². The summed E-state index contributed by atoms with van der Waals surface area (Å²) < 4.78 is 63.5. The van der Waals surface area contributed by atoms with Gasteiger partial charge in [0.15, 0.2) is 0 Å². The maximum atomic E-state index is 13.0. The zero-order chi connectivity index (χ0) is 27.0. The van der Waals surface area contributed by atoms with Crippen LogP contribution in [-0.4, -0.2) is 64.1 Å². The minimum absolute atomic E-state index is 0.0344. The van der Waals surface area contributed by atoms with Crippen LogP contribution >= 0.6 is 0 Å². The number of anilines is 1. The molecule has 0 spiro atoms. The molecule has 0 aliphatic carbocycles. The Morgan fingerprint density at radius 3 is 2.43 bits per heavy atom. The van der Waals surface area contributed by atoms with Gasteiger partial charge in [0.1, 0.15) is 0 Å². The number of pyridine rings is 1. The predicted molar refractivity (Wildman–Crippen MR) is 127 cm³/mol. The first-order valence-corrected chi connectivity index (χ1v) is 12.7. The molecule has 1 aliphatic rings. The Morgan fingerprint density at radius 2 is 1.81 bits per heavy atom. The first-order valence-electron chi connectivity index (χ1n) is 11.2. The van der Waals surface area contributed by atoms with Gasteiger partial charge in [0, 0.05) is 12.1 Å². The molecule has 1 aliphatic heterocycles. The number of carbonyl (C=O) groups excluding carboxylic acids is 1. The van der Waals surface area contributed by atoms with Crippen LogP contribution in [0.25, 0.3) is 5.69 Å². The van der Waals surface area contributed by atoms with Gasteiger partial charge in [0.2, 0.25) is 11.8 Å². The van der Waals surface area contributed by atoms with E-state index in [1.54, 1.807) is 6.07 Å². The fourth-order valence-corrected chi connectivity index (χ4v) is 4.87. The van der Waals surface area contributed by atoms with Gasteiger partial charge in [-0.25, -0.2) is 17.8 Å². The Morgan fingerprint density at radius 1 is 1.16 bits per heavy atom. The number of aromatic nitrogens is 3. The number of halogens is 3. The highest BCUT2D eigenvalue weighted by Gasteiger charge is 2.46. The molecule has 4 rings (SSSR count). The summed E-state index contributed by atoms with van der Waals surface area (Å²) in [4.78, 5) is 31.0. The number of hydrogen-bond donors (Lipinski definition) is 2. The summed E-state index contributed by atoms with van der Waals surface area (Å²) >= 11 is 0. The number of carbonyl (C=O) groups is 1. The molecule has 0 radical (unpaired) electrons. The van der Waals surface area contributed by atoms with Crippen molar-refractivity contribution < 1.29 is 31.5 Å². The second kappa shape index (κ2) is 10.0. The van der Waals surface area contributed by atoms with Crippen molar-refractivity contribution in [2.45, 2.75) is 29.8 Å². The van der Waals surface area contributed by atoms with Crippen LogP contribution in [0.3, 0.4) is 0 Å². The van der Waals surface area contributed by atoms with Crippen LogP contribution in [0.5, 0.6) is 5.88 Å². The highest BCUT2D eigenvalue weighted by molar-refractivity contribution is 7.92. The van der Waals surface area contributed by atoms with E-state index in [1.165, 1.54) is 12.4 Å². The van der Waals surface area contributed by atoms with Crippen LogP contribution in [0.1, 0.15) is 18.4 Å². The number of nitrogens with zero attached hydrogens (tertiary/aromatic N) is 4. The Kier molecular flexibility index (Phi) is 7.15. The van der Waals surface area contributed by atoms with E-state index in [1.807, 2.05) is 7.05 Å². The number of rotatable bonds is 6. The van der Waals surface area contributed by atoms with Gasteiger partial charge in [-0.3, -0.25) is 14.3 Å². The lowest BCUT2D eigenvalue weighted by molar-refractivity contribution is -0.121. The molecule has 0 saturated carbocycles. The van der Waals surface area contributed by atoms with E-state index in [2.05, 4.69) is 15.2 Å². The topological polar surface area (TPSA) is 127 Å². The Labute approximate surface area is 209 Å². The molecular weight excluding hydrogens is 515 g/mol. The third-order valence-corrected chi connectivity index (χ3v) is 7.75. The third kappa shape index (κ3) is 5.39. The van der Waals surface area contributed by atoms with Crippen molar-refractivity contribution >= 4 is 21.4 Å². The van der Waals surface area contributed by atoms with Gasteiger partial charge >= 0.3 is 11.2 Å². The lowest BCUT2D eigenvalue weighted by atomic mass is 9.96. The number of amides is 1. The summed E-state index contributed by atoms with van der Waals surface area (Å²) in [6.45, 7) is 1.57. The van der Waals surface area contributed by atoms with Crippen LogP contribution in [0, 0.1) is 5.92 Å². The molecule has 1 amide bonds. The number of benzene rings is 1. The molecule has 1 aromatic carbocycles. The number of likely N-dealkylation sites (tertiary alicyclic amines) is 1. The average molecular weight is 540 g/mol. The number of alkyl halides is 3. The first-order chi connectivity index (χ1) is 17.4. The first kappa shape index (κ1) is 26.4. The lowest BCUT2D eigenvalue weighted by Gasteiger charge is -2.28. The second-order valence-electron chi connectivity index (χ2n) is 8.78. The van der Waals surface area contributed by atoms with Crippen LogP contribution in [-0.2, 0) is 21.2 Å². The van der Waals surface area contributed by atoms with Gasteiger partial charge in [-0.05, 0) is 68.9 Å². The van der Waals surface area contributed by atoms with Crippen LogP contribution in [0.2, 0.25) is 0 Å². The molecule has 14 heteroatoms. The zero-order valence-corrected chi connectivity index (χ0v) is 20.5. The van der Waals surface area contributed by atoms with E-state index >= 15 is 0 Å². The molecule has 0 unspecified atom stereocenters. The van der Waals surface area contributed by atoms with Gasteiger partial charge in [0.05, 0.1) is 35.2 Å². The predicted octanol–water partition coefficient (Wildman–Crippen LogP) is 2.36. The molecule has 3 heterocycles. The standard InChI is InChI=1S/C23H24F3N5O5S/c1-29-10-7-15(8-11-29)21(33)28-19-12-27-9-6-16(19)13-30-14-20(32)31(22(30)34)17-2-4-18(5-3-17)37(35,36)23(24,25)26/h2-6,9,12,14-15,32H,7-8,10-11,13H2,1H3,(H,28,33). The fraction of sp³-hybridized carbons (Fsp3) is 0.348. The van der Waals surface area contributed by atoms with E-state index in [4.69, 9.17) is 0 Å². The molecular formula is C23H24F3N5O5S. The van der Waals surface area contributed by atoms with Crippen LogP contribution in [0.15, 0.2) is 58.6 Å². The largest absolute Gasteiger partial charge is 0.501 e. The lowest BCUT2D eigenvalue weighted by Crippen LogP contribution is -2.36. The van der Waals surface area contributed by atoms with Crippen molar-refractivity contribution in [1.82, 2.24) is 19.0 Å². The van der Waals surface area contributed by atoms with Crippen molar-refractivity contribution in [3.63, 3.8) is 0 Å². The van der Waals surface area contributed by atoms with Gasteiger partial charge in [-0.15, -0.1) is 0 Å². The molecule has 2 aromatic heterocycles. The maximum absolute atomic E-state index is 13.0. The van der Waals surface area contributed by atoms with E-state index in [0.717, 1.165) is 53.4 Å². The summed E-state index contributed by atoms with van der Waals surface area (Å²) in [6, 6.07) is 5.01. The van der Waals surface area contributed by atoms with Crippen LogP contribution < -0.4 is 11.0 Å². The molecule has 1 saturated heterocycles. The summed E-state index contributed by atoms with van der Waals surface area (Å²) in [6.07, 6.45) is 5.52. The number of sulfone groups is 1. The zero-order valence-electron chi connectivity index (χ0n) is 19.6. The van der Waals surface area contributed by atoms with Crippen molar-refractivity contribution in [1.29, 1.82) is 0 Å². The van der Waals surface area contributed by atoms with Crippen molar-refractivity contribution in [2.75, 3.05) is 25.5 Å². The van der Waals surface area contributed by atoms with E-state index in [0.29, 0.717) is 23.4 Å². The molecule has 2 N–H and O–H groups in total. The molecule has 10 nitrogen and oxygen atoms in total. The Balaban J connectivity index is 1.57. The van der Waals surface area contributed by atoms with Gasteiger partial charge < -0.3 is 15.3 Å². The number of hydrogen-bond acceptors (Lipinski definition) is 7. The van der Waals surface area contributed by atoms with E-state index in [9.17, 15) is 36.3 Å². The quantitative estimate of drug-likeness (QED) is 0.493. The SMILES string of the molecule is CN1CCC(C(=O)Nc2cnccc2Cn2cc(O)n(-c3ccc(S(=O)(=O)C(F)(F)F)cc3)c2=O)CC1. The Hall–Kier alpha value is -3.65. The molecule has 1 fully saturated rings. The molecule has 0 bridgehead atoms. The highest BCUT2D eigenvalue weighted by Crippen LogP contribution is 2.31. The maximum Gasteiger partial charge on any atom is 0.501 e. The number of nitrogens with one attached hydrogen (secondary N) is 1. The number of piperidine rings is 1. The van der Waals surface area contributed by atoms with Crippen molar-refractivity contribution in [3.05, 3.63) is 65.0 Å². The molecule has 0 atom stereocenters. The molecule has 37 heavy (non-hydrogen) atoms. The van der Waals surface area contributed by atoms with Gasteiger partial charge in [-0.1, -0.05) is 0 Å². The third-order valence-electron chi connectivity index (χ3n) is 6.25. The summed E-state index contributed by atoms with van der Waals surface area (Å²) in [5.41, 5.74) is -5.28. The minimum Gasteiger partial charge on any atom is -0.493 e. The minimum atomic E-state index is -5.55.